The Morgan fingerprint density at radius 1 is 0.357 bits per heavy atom. The second kappa shape index (κ2) is 36.9. The number of hydrogen-bond donors (Lipinski definition) is 0. The topological polar surface area (TPSA) is 3.24 Å². The quantitative estimate of drug-likeness (QED) is 0.0519. The fourth-order valence-corrected chi connectivity index (χ4v) is 6.49. The molecular weight excluding hydrogens is 506 g/mol. The first-order valence-corrected chi connectivity index (χ1v) is 20.1. The first-order valence-electron chi connectivity index (χ1n) is 20.1. The lowest BCUT2D eigenvalue weighted by Gasteiger charge is -2.21. The van der Waals surface area contributed by atoms with Gasteiger partial charge in [0.15, 0.2) is 0 Å². The van der Waals surface area contributed by atoms with E-state index in [1.165, 1.54) is 218 Å². The zero-order chi connectivity index (χ0) is 30.6. The highest BCUT2D eigenvalue weighted by Gasteiger charge is 2.06. The van der Waals surface area contributed by atoms with Crippen molar-refractivity contribution in [3.8, 4) is 0 Å². The highest BCUT2D eigenvalue weighted by Crippen LogP contribution is 2.17. The summed E-state index contributed by atoms with van der Waals surface area (Å²) in [5.74, 6) is 0. The highest BCUT2D eigenvalue weighted by molar-refractivity contribution is 4.93. The fourth-order valence-electron chi connectivity index (χ4n) is 6.49. The minimum absolute atomic E-state index is 0.637. The number of likely N-dealkylation sites (N-methyl/N-ethyl adjacent to an activating group) is 1. The third-order valence-corrected chi connectivity index (χ3v) is 9.60. The van der Waals surface area contributed by atoms with E-state index in [2.05, 4.69) is 45.0 Å². The Kier molecular flexibility index (Phi) is 36.6. The van der Waals surface area contributed by atoms with Gasteiger partial charge < -0.3 is 4.90 Å². The van der Waals surface area contributed by atoms with Crippen molar-refractivity contribution in [1.29, 1.82) is 0 Å². The van der Waals surface area contributed by atoms with Crippen LogP contribution in [-0.2, 0) is 0 Å². The van der Waals surface area contributed by atoms with Crippen molar-refractivity contribution in [3.63, 3.8) is 0 Å². The molecular formula is C41H83N. The van der Waals surface area contributed by atoms with Crippen molar-refractivity contribution in [1.82, 2.24) is 4.90 Å². The second-order valence-corrected chi connectivity index (χ2v) is 14.1. The molecule has 0 fully saturated rings. The summed E-state index contributed by atoms with van der Waals surface area (Å²) in [6.45, 7) is 4.61. The summed E-state index contributed by atoms with van der Waals surface area (Å²) in [4.78, 5) is 2.43. The van der Waals surface area contributed by atoms with Crippen LogP contribution in [0.25, 0.3) is 0 Å². The Balaban J connectivity index is 3.43. The molecule has 0 N–H and O–H groups in total. The lowest BCUT2D eigenvalue weighted by molar-refractivity contribution is 0.318. The summed E-state index contributed by atoms with van der Waals surface area (Å²) in [7, 11) is 4.52. The Morgan fingerprint density at radius 2 is 0.619 bits per heavy atom. The van der Waals surface area contributed by atoms with Crippen molar-refractivity contribution in [3.05, 3.63) is 12.2 Å². The van der Waals surface area contributed by atoms with Gasteiger partial charge >= 0.3 is 0 Å². The van der Waals surface area contributed by atoms with E-state index >= 15 is 0 Å². The molecule has 252 valence electrons. The SMILES string of the molecule is CCCCCCCCCCCCCCCCCCC=CC(CCCCCCCCCCCCCCCCCC)N(C)C. The Morgan fingerprint density at radius 3 is 0.905 bits per heavy atom. The Hall–Kier alpha value is -0.300. The van der Waals surface area contributed by atoms with Crippen molar-refractivity contribution in [2.45, 2.75) is 238 Å². The van der Waals surface area contributed by atoms with Gasteiger partial charge in [0.05, 0.1) is 0 Å². The molecule has 0 aliphatic carbocycles. The van der Waals surface area contributed by atoms with E-state index in [0.29, 0.717) is 6.04 Å². The summed E-state index contributed by atoms with van der Waals surface area (Å²) in [6, 6.07) is 0.637. The number of allylic oxidation sites excluding steroid dienone is 1. The molecule has 42 heavy (non-hydrogen) atoms. The second-order valence-electron chi connectivity index (χ2n) is 14.1. The predicted molar refractivity (Wildman–Crippen MR) is 195 cm³/mol. The maximum atomic E-state index is 2.51. The maximum Gasteiger partial charge on any atom is 0.0272 e. The molecule has 1 nitrogen and oxygen atoms in total. The van der Waals surface area contributed by atoms with E-state index in [1.54, 1.807) is 0 Å². The molecule has 0 aliphatic heterocycles. The van der Waals surface area contributed by atoms with Gasteiger partial charge in [-0.25, -0.2) is 0 Å². The molecule has 1 heteroatoms. The molecule has 0 radical (unpaired) electrons. The molecule has 0 amide bonds. The van der Waals surface area contributed by atoms with Gasteiger partial charge in [-0.2, -0.15) is 0 Å². The minimum atomic E-state index is 0.637. The summed E-state index contributed by atoms with van der Waals surface area (Å²) < 4.78 is 0. The van der Waals surface area contributed by atoms with Crippen LogP contribution in [0.2, 0.25) is 0 Å². The van der Waals surface area contributed by atoms with Crippen molar-refractivity contribution < 1.29 is 0 Å². The smallest absolute Gasteiger partial charge is 0.0272 e. The first kappa shape index (κ1) is 41.7. The van der Waals surface area contributed by atoms with E-state index in [4.69, 9.17) is 0 Å². The minimum Gasteiger partial charge on any atom is -0.303 e. The zero-order valence-corrected chi connectivity index (χ0v) is 30.2. The molecule has 0 heterocycles. The van der Waals surface area contributed by atoms with Gasteiger partial charge in [-0.15, -0.1) is 0 Å². The molecule has 0 aliphatic rings. The van der Waals surface area contributed by atoms with Crippen molar-refractivity contribution >= 4 is 0 Å². The van der Waals surface area contributed by atoms with Gasteiger partial charge in [-0.05, 0) is 33.4 Å². The van der Waals surface area contributed by atoms with Gasteiger partial charge in [0.2, 0.25) is 0 Å². The summed E-state index contributed by atoms with van der Waals surface area (Å²) in [5.41, 5.74) is 0. The molecule has 0 rings (SSSR count). The largest absolute Gasteiger partial charge is 0.303 e. The molecule has 0 bridgehead atoms. The summed E-state index contributed by atoms with van der Waals surface area (Å²) in [6.07, 6.45) is 54.1. The maximum absolute atomic E-state index is 2.51. The van der Waals surface area contributed by atoms with Gasteiger partial charge in [-0.3, -0.25) is 0 Å². The van der Waals surface area contributed by atoms with Gasteiger partial charge in [0.1, 0.15) is 0 Å². The van der Waals surface area contributed by atoms with Crippen LogP contribution in [0.5, 0.6) is 0 Å². The molecule has 1 atom stereocenters. The van der Waals surface area contributed by atoms with Crippen LogP contribution in [-0.4, -0.2) is 25.0 Å². The van der Waals surface area contributed by atoms with Gasteiger partial charge in [0.25, 0.3) is 0 Å². The van der Waals surface area contributed by atoms with E-state index in [1.807, 2.05) is 0 Å². The van der Waals surface area contributed by atoms with Crippen LogP contribution in [0, 0.1) is 0 Å². The zero-order valence-electron chi connectivity index (χ0n) is 30.2. The number of nitrogens with zero attached hydrogens (tertiary/aromatic N) is 1. The summed E-state index contributed by atoms with van der Waals surface area (Å²) >= 11 is 0. The van der Waals surface area contributed by atoms with E-state index in [0.717, 1.165) is 0 Å². The number of unbranched alkanes of at least 4 members (excludes halogenated alkanes) is 31. The standard InChI is InChI=1S/C41H83N/c1-5-7-9-11-13-15-17-19-21-23-24-26-28-30-32-34-36-38-40-41(42(3)4)39-37-35-33-31-29-27-25-22-20-18-16-14-12-10-8-6-2/h38,40-41H,5-37,39H2,1-4H3. The van der Waals surface area contributed by atoms with E-state index in [-0.39, 0.29) is 0 Å². The number of rotatable bonds is 36. The molecule has 0 spiro atoms. The lowest BCUT2D eigenvalue weighted by Crippen LogP contribution is -2.25. The molecule has 0 aromatic carbocycles. The third kappa shape index (κ3) is 34.2. The molecule has 1 unspecified atom stereocenters. The van der Waals surface area contributed by atoms with Crippen LogP contribution in [0.15, 0.2) is 12.2 Å². The van der Waals surface area contributed by atoms with Crippen LogP contribution in [0.1, 0.15) is 232 Å². The predicted octanol–water partition coefficient (Wildman–Crippen LogP) is 14.8. The van der Waals surface area contributed by atoms with Crippen LogP contribution in [0.3, 0.4) is 0 Å². The Bertz CT molecular complexity index is 495. The van der Waals surface area contributed by atoms with E-state index in [9.17, 15) is 0 Å². The first-order chi connectivity index (χ1) is 20.7. The number of hydrogen-bond acceptors (Lipinski definition) is 1. The van der Waals surface area contributed by atoms with Gasteiger partial charge in [0, 0.05) is 6.04 Å². The Labute approximate surface area is 268 Å². The van der Waals surface area contributed by atoms with Crippen molar-refractivity contribution in [2.75, 3.05) is 14.1 Å². The van der Waals surface area contributed by atoms with Gasteiger partial charge in [-0.1, -0.05) is 225 Å². The fraction of sp³-hybridized carbons (Fsp3) is 0.951. The van der Waals surface area contributed by atoms with Crippen LogP contribution >= 0.6 is 0 Å². The van der Waals surface area contributed by atoms with Crippen molar-refractivity contribution in [2.24, 2.45) is 0 Å². The van der Waals surface area contributed by atoms with Crippen LogP contribution in [0.4, 0.5) is 0 Å². The monoisotopic (exact) mass is 590 g/mol. The highest BCUT2D eigenvalue weighted by atomic mass is 15.1. The van der Waals surface area contributed by atoms with Crippen LogP contribution < -0.4 is 0 Å². The average molecular weight is 590 g/mol. The summed E-state index contributed by atoms with van der Waals surface area (Å²) in [5, 5.41) is 0. The lowest BCUT2D eigenvalue weighted by atomic mass is 10.0. The molecule has 0 aromatic rings. The van der Waals surface area contributed by atoms with E-state index < -0.39 is 0 Å². The third-order valence-electron chi connectivity index (χ3n) is 9.60. The molecule has 0 saturated heterocycles. The molecule has 0 aromatic heterocycles. The molecule has 0 saturated carbocycles. The normalized spacial score (nSPS) is 12.7. The average Bonchev–Trinajstić information content (AvgIpc) is 2.99.